The van der Waals surface area contributed by atoms with E-state index >= 15 is 0 Å². The van der Waals surface area contributed by atoms with E-state index in [-0.39, 0.29) is 11.7 Å². The molecular weight excluding hydrogens is 349 g/mol. The molecule has 1 amide bonds. The quantitative estimate of drug-likeness (QED) is 0.698. The molecule has 2 heterocycles. The third-order valence-corrected chi connectivity index (χ3v) is 5.95. The van der Waals surface area contributed by atoms with Gasteiger partial charge in [0.25, 0.3) is 5.91 Å². The summed E-state index contributed by atoms with van der Waals surface area (Å²) in [5.74, 6) is -0.417. The second-order valence-electron chi connectivity index (χ2n) is 6.56. The Morgan fingerprint density at radius 3 is 2.92 bits per heavy atom. The SMILES string of the molecule is O=C(NCc1ccc(-n2ccnc2)c(F)c1)c1cc2c(s1)CCCCC2. The Bertz CT molecular complexity index is 894. The highest BCUT2D eigenvalue weighted by Gasteiger charge is 2.16. The average Bonchev–Trinajstić information content (AvgIpc) is 3.26. The van der Waals surface area contributed by atoms with Crippen molar-refractivity contribution < 1.29 is 9.18 Å². The molecule has 6 heteroatoms. The Labute approximate surface area is 155 Å². The van der Waals surface area contributed by atoms with E-state index in [1.54, 1.807) is 40.7 Å². The van der Waals surface area contributed by atoms with Gasteiger partial charge in [-0.1, -0.05) is 12.5 Å². The molecule has 0 saturated heterocycles. The lowest BCUT2D eigenvalue weighted by Crippen LogP contribution is -2.22. The highest BCUT2D eigenvalue weighted by Crippen LogP contribution is 2.29. The first-order valence-corrected chi connectivity index (χ1v) is 9.69. The molecule has 1 N–H and O–H groups in total. The number of halogens is 1. The van der Waals surface area contributed by atoms with Crippen LogP contribution in [0.15, 0.2) is 43.0 Å². The van der Waals surface area contributed by atoms with Gasteiger partial charge in [0, 0.05) is 23.8 Å². The summed E-state index contributed by atoms with van der Waals surface area (Å²) in [6, 6.07) is 7.01. The van der Waals surface area contributed by atoms with Gasteiger partial charge in [0.15, 0.2) is 0 Å². The second kappa shape index (κ2) is 7.41. The number of carbonyl (C=O) groups excluding carboxylic acids is 1. The Balaban J connectivity index is 1.42. The van der Waals surface area contributed by atoms with Crippen LogP contribution >= 0.6 is 11.3 Å². The summed E-state index contributed by atoms with van der Waals surface area (Å²) in [5.41, 5.74) is 2.51. The largest absolute Gasteiger partial charge is 0.347 e. The number of thiophene rings is 1. The van der Waals surface area contributed by atoms with Crippen LogP contribution in [0.3, 0.4) is 0 Å². The molecule has 2 aromatic heterocycles. The minimum Gasteiger partial charge on any atom is -0.347 e. The molecule has 0 fully saturated rings. The Kier molecular flexibility index (Phi) is 4.84. The average molecular weight is 369 g/mol. The number of imidazole rings is 1. The highest BCUT2D eigenvalue weighted by molar-refractivity contribution is 7.14. The van der Waals surface area contributed by atoms with Crippen molar-refractivity contribution in [3.05, 3.63) is 69.7 Å². The molecule has 1 aliphatic rings. The fraction of sp³-hybridized carbons (Fsp3) is 0.300. The highest BCUT2D eigenvalue weighted by atomic mass is 32.1. The Morgan fingerprint density at radius 2 is 2.12 bits per heavy atom. The number of fused-ring (bicyclic) bond motifs is 1. The van der Waals surface area contributed by atoms with Crippen LogP contribution in [0.4, 0.5) is 4.39 Å². The number of hydrogen-bond donors (Lipinski definition) is 1. The van der Waals surface area contributed by atoms with Gasteiger partial charge in [-0.3, -0.25) is 4.79 Å². The number of rotatable bonds is 4. The first-order valence-electron chi connectivity index (χ1n) is 8.87. The minimum absolute atomic E-state index is 0.0813. The first-order chi connectivity index (χ1) is 12.7. The fourth-order valence-corrected chi connectivity index (χ4v) is 4.49. The molecule has 0 unspecified atom stereocenters. The second-order valence-corrected chi connectivity index (χ2v) is 7.69. The summed E-state index contributed by atoms with van der Waals surface area (Å²) >= 11 is 1.60. The van der Waals surface area contributed by atoms with E-state index in [1.165, 1.54) is 35.8 Å². The maximum atomic E-state index is 14.3. The summed E-state index contributed by atoms with van der Waals surface area (Å²) in [7, 11) is 0. The molecule has 4 nitrogen and oxygen atoms in total. The van der Waals surface area contributed by atoms with Gasteiger partial charge < -0.3 is 9.88 Å². The zero-order chi connectivity index (χ0) is 17.9. The maximum Gasteiger partial charge on any atom is 0.261 e. The van der Waals surface area contributed by atoms with E-state index < -0.39 is 0 Å². The minimum atomic E-state index is -0.336. The van der Waals surface area contributed by atoms with E-state index in [0.29, 0.717) is 12.2 Å². The number of benzene rings is 1. The lowest BCUT2D eigenvalue weighted by atomic mass is 10.1. The van der Waals surface area contributed by atoms with Crippen LogP contribution in [0.5, 0.6) is 0 Å². The summed E-state index contributed by atoms with van der Waals surface area (Å²) in [6.07, 6.45) is 10.7. The summed E-state index contributed by atoms with van der Waals surface area (Å²) < 4.78 is 15.9. The molecule has 3 aromatic rings. The van der Waals surface area contributed by atoms with Crippen molar-refractivity contribution in [1.82, 2.24) is 14.9 Å². The van der Waals surface area contributed by atoms with Gasteiger partial charge in [-0.25, -0.2) is 9.37 Å². The molecule has 1 aromatic carbocycles. The van der Waals surface area contributed by atoms with Crippen LogP contribution < -0.4 is 5.32 Å². The first kappa shape index (κ1) is 17.0. The number of carbonyl (C=O) groups is 1. The van der Waals surface area contributed by atoms with Crippen molar-refractivity contribution in [2.45, 2.75) is 38.6 Å². The van der Waals surface area contributed by atoms with Gasteiger partial charge in [-0.2, -0.15) is 0 Å². The van der Waals surface area contributed by atoms with Gasteiger partial charge in [0.05, 0.1) is 16.9 Å². The van der Waals surface area contributed by atoms with Crippen molar-refractivity contribution in [2.24, 2.45) is 0 Å². The van der Waals surface area contributed by atoms with Gasteiger partial charge in [0.2, 0.25) is 0 Å². The fourth-order valence-electron chi connectivity index (χ4n) is 3.32. The van der Waals surface area contributed by atoms with Crippen LogP contribution in [-0.4, -0.2) is 15.5 Å². The van der Waals surface area contributed by atoms with E-state index in [4.69, 9.17) is 0 Å². The van der Waals surface area contributed by atoms with Crippen LogP contribution in [0.1, 0.15) is 44.9 Å². The third kappa shape index (κ3) is 3.55. The number of hydrogen-bond acceptors (Lipinski definition) is 3. The van der Waals surface area contributed by atoms with Crippen LogP contribution in [0.2, 0.25) is 0 Å². The van der Waals surface area contributed by atoms with E-state index in [2.05, 4.69) is 10.3 Å². The van der Waals surface area contributed by atoms with Crippen molar-refractivity contribution in [2.75, 3.05) is 0 Å². The monoisotopic (exact) mass is 369 g/mol. The molecule has 26 heavy (non-hydrogen) atoms. The zero-order valence-electron chi connectivity index (χ0n) is 14.4. The lowest BCUT2D eigenvalue weighted by Gasteiger charge is -2.08. The number of aromatic nitrogens is 2. The van der Waals surface area contributed by atoms with Crippen LogP contribution in [0, 0.1) is 5.82 Å². The Morgan fingerprint density at radius 1 is 1.23 bits per heavy atom. The molecule has 0 atom stereocenters. The maximum absolute atomic E-state index is 14.3. The van der Waals surface area contributed by atoms with Crippen molar-refractivity contribution in [3.63, 3.8) is 0 Å². The topological polar surface area (TPSA) is 46.9 Å². The molecule has 0 saturated carbocycles. The van der Waals surface area contributed by atoms with Gasteiger partial charge in [0.1, 0.15) is 5.82 Å². The number of nitrogens with zero attached hydrogens (tertiary/aromatic N) is 2. The molecule has 0 aliphatic heterocycles. The number of amides is 1. The van der Waals surface area contributed by atoms with Gasteiger partial charge >= 0.3 is 0 Å². The normalized spacial score (nSPS) is 13.9. The predicted octanol–water partition coefficient (Wildman–Crippen LogP) is 4.27. The summed E-state index contributed by atoms with van der Waals surface area (Å²) in [5, 5.41) is 2.91. The molecule has 4 rings (SSSR count). The van der Waals surface area contributed by atoms with Crippen molar-refractivity contribution in [1.29, 1.82) is 0 Å². The van der Waals surface area contributed by atoms with Crippen LogP contribution in [0.25, 0.3) is 5.69 Å². The number of nitrogens with one attached hydrogen (secondary N) is 1. The van der Waals surface area contributed by atoms with Crippen molar-refractivity contribution in [3.8, 4) is 5.69 Å². The van der Waals surface area contributed by atoms with E-state index in [0.717, 1.165) is 23.3 Å². The van der Waals surface area contributed by atoms with Crippen LogP contribution in [-0.2, 0) is 19.4 Å². The van der Waals surface area contributed by atoms with E-state index in [9.17, 15) is 9.18 Å². The predicted molar refractivity (Wildman–Crippen MR) is 100 cm³/mol. The van der Waals surface area contributed by atoms with E-state index in [1.807, 2.05) is 12.1 Å². The molecule has 0 radical (unpaired) electrons. The molecule has 0 bridgehead atoms. The van der Waals surface area contributed by atoms with Gasteiger partial charge in [-0.05, 0) is 55.0 Å². The standard InChI is InChI=1S/C20H20FN3OS/c21-16-10-14(6-7-17(16)24-9-8-22-13-24)12-23-20(25)19-11-15-4-2-1-3-5-18(15)26-19/h6-11,13H,1-5,12H2,(H,23,25). The molecule has 0 spiro atoms. The third-order valence-electron chi connectivity index (χ3n) is 4.72. The Hall–Kier alpha value is -2.47. The summed E-state index contributed by atoms with van der Waals surface area (Å²) in [6.45, 7) is 0.308. The number of aryl methyl sites for hydroxylation is 2. The summed E-state index contributed by atoms with van der Waals surface area (Å²) in [4.78, 5) is 18.5. The molecule has 134 valence electrons. The lowest BCUT2D eigenvalue weighted by molar-refractivity contribution is 0.0955. The van der Waals surface area contributed by atoms with Crippen molar-refractivity contribution >= 4 is 17.2 Å². The van der Waals surface area contributed by atoms with Gasteiger partial charge in [-0.15, -0.1) is 11.3 Å². The smallest absolute Gasteiger partial charge is 0.261 e. The molecular formula is C20H20FN3OS. The zero-order valence-corrected chi connectivity index (χ0v) is 15.2. The molecule has 1 aliphatic carbocycles.